The van der Waals surface area contributed by atoms with Gasteiger partial charge in [-0.15, -0.1) is 59.7 Å². The Kier molecular flexibility index (Phi) is 10.1. The number of nitrogens with one attached hydrogen (secondary N) is 1. The Morgan fingerprint density at radius 3 is 2.11 bits per heavy atom. The van der Waals surface area contributed by atoms with Crippen molar-refractivity contribution in [1.82, 2.24) is 9.97 Å². The number of aryl methyl sites for hydroxylation is 1. The summed E-state index contributed by atoms with van der Waals surface area (Å²) in [5.74, 6) is 0. The van der Waals surface area contributed by atoms with Gasteiger partial charge in [-0.3, -0.25) is 0 Å². The minimum atomic E-state index is 0. The molecule has 0 unspecified atom stereocenters. The van der Waals surface area contributed by atoms with Gasteiger partial charge in [0.1, 0.15) is 11.2 Å². The van der Waals surface area contributed by atoms with Gasteiger partial charge in [-0.2, -0.15) is 0 Å². The van der Waals surface area contributed by atoms with Gasteiger partial charge < -0.3 is 19.7 Å². The molecule has 0 saturated heterocycles. The van der Waals surface area contributed by atoms with E-state index in [1.807, 2.05) is 55.7 Å². The Morgan fingerprint density at radius 1 is 0.618 bits per heavy atom. The molecular weight excluding hydrogens is 851 g/mol. The summed E-state index contributed by atoms with van der Waals surface area (Å²) in [7, 11) is 0. The first-order valence-corrected chi connectivity index (χ1v) is 18.6. The predicted octanol–water partition coefficient (Wildman–Crippen LogP) is 13.6. The predicted molar refractivity (Wildman–Crippen MR) is 225 cm³/mol. The fourth-order valence-corrected chi connectivity index (χ4v) is 7.22. The molecule has 0 fully saturated rings. The summed E-state index contributed by atoms with van der Waals surface area (Å²) in [5, 5.41) is 6.05. The van der Waals surface area contributed by atoms with E-state index in [1.54, 1.807) is 0 Å². The molecule has 1 radical (unpaired) electrons. The molecule has 1 aliphatic rings. The fraction of sp³-hybridized carbons (Fsp3) is 0.200. The van der Waals surface area contributed by atoms with E-state index < -0.39 is 0 Å². The Morgan fingerprint density at radius 2 is 1.38 bits per heavy atom. The number of aromatic nitrogens is 2. The second-order valence-corrected chi connectivity index (χ2v) is 16.4. The van der Waals surface area contributed by atoms with E-state index in [-0.39, 0.29) is 30.9 Å². The monoisotopic (exact) mass is 896 g/mol. The average Bonchev–Trinajstić information content (AvgIpc) is 3.53. The minimum absolute atomic E-state index is 0. The second kappa shape index (κ2) is 14.7. The van der Waals surface area contributed by atoms with Gasteiger partial charge in [-0.05, 0) is 99.9 Å². The molecule has 0 atom stereocenters. The quantitative estimate of drug-likeness (QED) is 0.176. The number of hydrogen-bond donors (Lipinski definition) is 1. The first-order chi connectivity index (χ1) is 25.8. The summed E-state index contributed by atoms with van der Waals surface area (Å²) in [6, 6.07) is 44.7. The molecule has 55 heavy (non-hydrogen) atoms. The number of para-hydroxylation sites is 1. The third kappa shape index (κ3) is 7.40. The summed E-state index contributed by atoms with van der Waals surface area (Å²) in [5.41, 5.74) is 17.5. The number of pyridine rings is 2. The molecule has 0 amide bonds. The SMILES string of the molecule is Cc1c2cc3c(oc4ccccc43)c1-c1cc(-c3cc(C(C)(C)C)ccn3)[c-]cc1Nc1ccc(C(C)(C)C)cc1-2.Cc1ccc(-c2[c-]cccc2)nc1.[Ir]. The summed E-state index contributed by atoms with van der Waals surface area (Å²) < 4.78 is 6.62. The maximum atomic E-state index is 6.62. The van der Waals surface area contributed by atoms with Crippen LogP contribution in [0.25, 0.3) is 66.7 Å². The van der Waals surface area contributed by atoms with Crippen molar-refractivity contribution < 1.29 is 24.5 Å². The third-order valence-electron chi connectivity index (χ3n) is 10.4. The Labute approximate surface area is 338 Å². The van der Waals surface area contributed by atoms with Gasteiger partial charge in [0.2, 0.25) is 0 Å². The first-order valence-electron chi connectivity index (χ1n) is 18.6. The topological polar surface area (TPSA) is 51.0 Å². The van der Waals surface area contributed by atoms with Crippen LogP contribution in [-0.2, 0) is 30.9 Å². The summed E-state index contributed by atoms with van der Waals surface area (Å²) >= 11 is 0. The molecule has 0 spiro atoms. The normalized spacial score (nSPS) is 12.0. The van der Waals surface area contributed by atoms with Crippen molar-refractivity contribution in [3.63, 3.8) is 0 Å². The van der Waals surface area contributed by atoms with Crippen molar-refractivity contribution in [2.75, 3.05) is 5.32 Å². The van der Waals surface area contributed by atoms with Crippen LogP contribution in [0.3, 0.4) is 0 Å². The Hall–Kier alpha value is -5.35. The van der Waals surface area contributed by atoms with Crippen molar-refractivity contribution in [3.8, 4) is 44.8 Å². The molecule has 0 saturated carbocycles. The van der Waals surface area contributed by atoms with Gasteiger partial charge in [-0.1, -0.05) is 89.6 Å². The smallest absolute Gasteiger partial charge is 0.142 e. The van der Waals surface area contributed by atoms with E-state index in [1.165, 1.54) is 33.4 Å². The van der Waals surface area contributed by atoms with Gasteiger partial charge >= 0.3 is 0 Å². The molecule has 4 heterocycles. The maximum absolute atomic E-state index is 6.62. The zero-order chi connectivity index (χ0) is 37.8. The zero-order valence-electron chi connectivity index (χ0n) is 32.7. The van der Waals surface area contributed by atoms with E-state index in [0.717, 1.165) is 67.0 Å². The van der Waals surface area contributed by atoms with Crippen LogP contribution in [0.15, 0.2) is 126 Å². The van der Waals surface area contributed by atoms with E-state index in [0.29, 0.717) is 0 Å². The van der Waals surface area contributed by atoms with Gasteiger partial charge in [0.05, 0.1) is 0 Å². The summed E-state index contributed by atoms with van der Waals surface area (Å²) in [6.07, 6.45) is 3.78. The molecule has 0 aliphatic carbocycles. The van der Waals surface area contributed by atoms with Crippen molar-refractivity contribution in [1.29, 1.82) is 0 Å². The molecule has 8 aromatic rings. The molecule has 1 N–H and O–H groups in total. The number of rotatable bonds is 2. The van der Waals surface area contributed by atoms with Crippen LogP contribution in [0, 0.1) is 26.0 Å². The average molecular weight is 896 g/mol. The zero-order valence-corrected chi connectivity index (χ0v) is 35.1. The van der Waals surface area contributed by atoms with Crippen molar-refractivity contribution >= 4 is 33.3 Å². The van der Waals surface area contributed by atoms with E-state index in [2.05, 4.69) is 144 Å². The van der Waals surface area contributed by atoms with Gasteiger partial charge in [0.15, 0.2) is 0 Å². The van der Waals surface area contributed by atoms with Crippen LogP contribution >= 0.6 is 0 Å². The number of benzene rings is 5. The molecular formula is C50H45IrN3O-2. The van der Waals surface area contributed by atoms with Crippen LogP contribution < -0.4 is 5.32 Å². The number of anilines is 2. The van der Waals surface area contributed by atoms with Crippen LogP contribution in [0.1, 0.15) is 63.8 Å². The third-order valence-corrected chi connectivity index (χ3v) is 10.4. The largest absolute Gasteiger partial charge is 0.455 e. The van der Waals surface area contributed by atoms with Gasteiger partial charge in [0, 0.05) is 60.1 Å². The summed E-state index contributed by atoms with van der Waals surface area (Å²) in [4.78, 5) is 9.08. The molecule has 3 aromatic heterocycles. The van der Waals surface area contributed by atoms with Crippen molar-refractivity contribution in [2.45, 2.75) is 66.2 Å². The minimum Gasteiger partial charge on any atom is -0.455 e. The fourth-order valence-electron chi connectivity index (χ4n) is 7.22. The Balaban J connectivity index is 0.000000281. The van der Waals surface area contributed by atoms with Gasteiger partial charge in [0.25, 0.3) is 0 Å². The number of fused-ring (bicyclic) bond motifs is 10. The van der Waals surface area contributed by atoms with Crippen LogP contribution in [0.4, 0.5) is 11.4 Å². The Bertz CT molecular complexity index is 2660. The first kappa shape index (κ1) is 37.9. The van der Waals surface area contributed by atoms with E-state index in [9.17, 15) is 0 Å². The van der Waals surface area contributed by atoms with Gasteiger partial charge in [-0.25, -0.2) is 0 Å². The maximum Gasteiger partial charge on any atom is 0.142 e. The van der Waals surface area contributed by atoms with E-state index in [4.69, 9.17) is 9.40 Å². The van der Waals surface area contributed by atoms with Crippen molar-refractivity contribution in [2.24, 2.45) is 0 Å². The molecule has 9 rings (SSSR count). The van der Waals surface area contributed by atoms with Crippen LogP contribution in [0.2, 0.25) is 0 Å². The van der Waals surface area contributed by atoms with Crippen LogP contribution in [-0.4, -0.2) is 9.97 Å². The molecule has 2 bridgehead atoms. The molecule has 277 valence electrons. The molecule has 5 aromatic carbocycles. The molecule has 5 heteroatoms. The number of nitrogens with zero attached hydrogens (tertiary/aromatic N) is 2. The second-order valence-electron chi connectivity index (χ2n) is 16.4. The number of hydrogen-bond acceptors (Lipinski definition) is 4. The van der Waals surface area contributed by atoms with E-state index >= 15 is 0 Å². The van der Waals surface area contributed by atoms with Crippen molar-refractivity contribution in [3.05, 3.63) is 156 Å². The molecule has 1 aliphatic heterocycles. The number of furan rings is 1. The molecule has 4 nitrogen and oxygen atoms in total. The van der Waals surface area contributed by atoms with Crippen LogP contribution in [0.5, 0.6) is 0 Å². The standard InChI is InChI=1S/C38H35N2O.C12H10N.Ir/c1-22-27-21-29-26-10-8-9-11-34(26)41-36(29)35(22)30-18-23(33-20-25(16-17-39-33)38(5,6)7)12-14-32(30)40-31-15-13-24(19-28(27)31)37(2,3)4;1-10-7-8-12(13-9-10)11-5-3-2-4-6-11;/h8-11,13-21,40H,1-7H3;2-5,7-9H,1H3;/q2*-1;. The summed E-state index contributed by atoms with van der Waals surface area (Å²) in [6.45, 7) is 17.8.